The molecule has 0 spiro atoms. The lowest BCUT2D eigenvalue weighted by molar-refractivity contribution is -0.268. The Kier molecular flexibility index (Phi) is 8.70. The molecule has 9 heteroatoms. The van der Waals surface area contributed by atoms with Crippen molar-refractivity contribution in [2.45, 2.75) is 44.1 Å². The number of carbonyl (C=O) groups is 1. The number of nitrogens with one attached hydrogen (secondary N) is 2. The Labute approximate surface area is 209 Å². The third kappa shape index (κ3) is 6.58. The lowest BCUT2D eigenvalue weighted by Gasteiger charge is -2.41. The molecule has 1 aromatic heterocycles. The van der Waals surface area contributed by atoms with E-state index in [4.69, 9.17) is 9.47 Å². The first kappa shape index (κ1) is 25.1. The number of ether oxygens (including phenoxy) is 2. The maximum Gasteiger partial charge on any atom is 0.319 e. The number of carbonyl (C=O) groups excluding carboxylic acids is 1. The van der Waals surface area contributed by atoms with Crippen LogP contribution in [-0.2, 0) is 16.1 Å². The molecule has 1 aliphatic heterocycles. The molecule has 0 saturated carbocycles. The minimum absolute atomic E-state index is 0.0000965. The molecule has 0 aliphatic carbocycles. The average molecular weight is 495 g/mol. The second kappa shape index (κ2) is 12.1. The predicted octanol–water partition coefficient (Wildman–Crippen LogP) is 4.69. The summed E-state index contributed by atoms with van der Waals surface area (Å²) in [6.07, 6.45) is 2.58. The molecule has 8 nitrogen and oxygen atoms in total. The van der Waals surface area contributed by atoms with E-state index in [1.165, 1.54) is 0 Å². The van der Waals surface area contributed by atoms with Crippen LogP contribution in [0.25, 0.3) is 0 Å². The third-order valence-corrected chi connectivity index (χ3v) is 6.78. The Morgan fingerprint density at radius 3 is 2.37 bits per heavy atom. The second-order valence-corrected chi connectivity index (χ2v) is 9.26. The first-order valence-corrected chi connectivity index (χ1v) is 12.6. The highest BCUT2D eigenvalue weighted by Crippen LogP contribution is 2.42. The van der Waals surface area contributed by atoms with Gasteiger partial charge in [-0.25, -0.2) is 14.8 Å². The minimum Gasteiger partial charge on any atom is -0.392 e. The van der Waals surface area contributed by atoms with E-state index in [1.807, 2.05) is 55.5 Å². The summed E-state index contributed by atoms with van der Waals surface area (Å²) in [5, 5.41) is 15.6. The van der Waals surface area contributed by atoms with Crippen molar-refractivity contribution >= 4 is 23.5 Å². The van der Waals surface area contributed by atoms with Gasteiger partial charge >= 0.3 is 6.03 Å². The third-order valence-electron chi connectivity index (χ3n) is 5.82. The molecule has 3 aromatic rings. The monoisotopic (exact) mass is 494 g/mol. The van der Waals surface area contributed by atoms with Gasteiger partial charge in [-0.05, 0) is 36.2 Å². The molecule has 4 atom stereocenters. The summed E-state index contributed by atoms with van der Waals surface area (Å²) in [4.78, 5) is 20.4. The Hall–Kier alpha value is -2.98. The molecule has 0 radical (unpaired) electrons. The molecule has 184 valence electrons. The second-order valence-electron chi connectivity index (χ2n) is 8.27. The highest BCUT2D eigenvalue weighted by molar-refractivity contribution is 7.99. The van der Waals surface area contributed by atoms with Crippen molar-refractivity contribution in [3.63, 3.8) is 0 Å². The summed E-state index contributed by atoms with van der Waals surface area (Å²) in [6, 6.07) is 16.9. The van der Waals surface area contributed by atoms with Crippen molar-refractivity contribution in [1.82, 2.24) is 15.3 Å². The summed E-state index contributed by atoms with van der Waals surface area (Å²) in [7, 11) is 0. The Morgan fingerprint density at radius 1 is 1.03 bits per heavy atom. The predicted molar refractivity (Wildman–Crippen MR) is 135 cm³/mol. The van der Waals surface area contributed by atoms with Gasteiger partial charge in [0.2, 0.25) is 0 Å². The van der Waals surface area contributed by atoms with Gasteiger partial charge in [-0.1, -0.05) is 55.1 Å². The zero-order valence-electron chi connectivity index (χ0n) is 19.8. The molecule has 3 N–H and O–H groups in total. The van der Waals surface area contributed by atoms with E-state index in [0.29, 0.717) is 23.1 Å². The van der Waals surface area contributed by atoms with Crippen molar-refractivity contribution in [2.24, 2.45) is 5.92 Å². The summed E-state index contributed by atoms with van der Waals surface area (Å²) < 4.78 is 12.9. The Balaban J connectivity index is 1.54. The van der Waals surface area contributed by atoms with Gasteiger partial charge in [-0.15, -0.1) is 0 Å². The van der Waals surface area contributed by atoms with E-state index >= 15 is 0 Å². The molecule has 4 unspecified atom stereocenters. The van der Waals surface area contributed by atoms with Crippen LogP contribution in [0.5, 0.6) is 0 Å². The number of aliphatic hydroxyl groups is 1. The van der Waals surface area contributed by atoms with Crippen LogP contribution in [0.2, 0.25) is 0 Å². The number of anilines is 1. The van der Waals surface area contributed by atoms with Crippen LogP contribution in [0, 0.1) is 5.92 Å². The fraction of sp³-hybridized carbons (Fsp3) is 0.346. The maximum atomic E-state index is 11.8. The van der Waals surface area contributed by atoms with E-state index < -0.39 is 6.29 Å². The van der Waals surface area contributed by atoms with Gasteiger partial charge in [-0.2, -0.15) is 0 Å². The van der Waals surface area contributed by atoms with Crippen molar-refractivity contribution in [3.05, 3.63) is 83.7 Å². The number of aliphatic hydroxyl groups excluding tert-OH is 1. The van der Waals surface area contributed by atoms with Gasteiger partial charge in [0.1, 0.15) is 0 Å². The number of hydrogen-bond acceptors (Lipinski definition) is 7. The smallest absolute Gasteiger partial charge is 0.319 e. The number of nitrogens with zero attached hydrogens (tertiary/aromatic N) is 2. The van der Waals surface area contributed by atoms with Gasteiger partial charge < -0.3 is 25.2 Å². The van der Waals surface area contributed by atoms with Crippen molar-refractivity contribution in [3.8, 4) is 0 Å². The molecule has 1 aliphatic rings. The summed E-state index contributed by atoms with van der Waals surface area (Å²) in [5.41, 5.74) is 3.44. The van der Waals surface area contributed by atoms with Crippen LogP contribution in [0.3, 0.4) is 0 Å². The first-order valence-electron chi connectivity index (χ1n) is 11.6. The fourth-order valence-electron chi connectivity index (χ4n) is 3.89. The van der Waals surface area contributed by atoms with Crippen LogP contribution >= 0.6 is 11.8 Å². The van der Waals surface area contributed by atoms with Crippen LogP contribution in [-0.4, -0.2) is 39.5 Å². The lowest BCUT2D eigenvalue weighted by atomic mass is 9.91. The number of thioether (sulfide) groups is 1. The number of amides is 2. The van der Waals surface area contributed by atoms with Crippen LogP contribution in [0.1, 0.15) is 42.9 Å². The molecule has 2 heterocycles. The molecule has 2 aromatic carbocycles. The number of benzene rings is 2. The molecule has 4 rings (SSSR count). The highest BCUT2D eigenvalue weighted by atomic mass is 32.2. The average Bonchev–Trinajstić information content (AvgIpc) is 2.89. The molecular weight excluding hydrogens is 464 g/mol. The number of hydrogen-bond donors (Lipinski definition) is 3. The standard InChI is InChI=1S/C26H30N4O4S/c1-3-27-25(32)30-21-11-9-20(10-12-21)24-33-22(16-35-26-28-13-4-14-29-26)17(2)23(34-24)19-7-5-18(15-31)6-8-19/h4-14,17,22-24,31H,3,15-16H2,1-2H3,(H2,27,30,32). The van der Waals surface area contributed by atoms with Crippen LogP contribution < -0.4 is 10.6 Å². The SMILES string of the molecule is CCNC(=O)Nc1ccc(C2OC(CSc3ncccn3)C(C)C(c3ccc(CO)cc3)O2)cc1. The van der Waals surface area contributed by atoms with E-state index in [0.717, 1.165) is 16.7 Å². The lowest BCUT2D eigenvalue weighted by Crippen LogP contribution is -2.38. The van der Waals surface area contributed by atoms with Gasteiger partial charge in [0.25, 0.3) is 0 Å². The Bertz CT molecular complexity index is 1080. The zero-order chi connectivity index (χ0) is 24.6. The fourth-order valence-corrected chi connectivity index (χ4v) is 4.85. The van der Waals surface area contributed by atoms with E-state index in [9.17, 15) is 9.90 Å². The number of aromatic nitrogens is 2. The molecule has 0 bridgehead atoms. The summed E-state index contributed by atoms with van der Waals surface area (Å²) in [5.74, 6) is 0.744. The minimum atomic E-state index is -0.575. The number of rotatable bonds is 8. The van der Waals surface area contributed by atoms with Gasteiger partial charge in [0, 0.05) is 41.9 Å². The van der Waals surface area contributed by atoms with Crippen molar-refractivity contribution < 1.29 is 19.4 Å². The first-order chi connectivity index (χ1) is 17.1. The van der Waals surface area contributed by atoms with Crippen LogP contribution in [0.4, 0.5) is 10.5 Å². The van der Waals surface area contributed by atoms with Gasteiger partial charge in [0.05, 0.1) is 18.8 Å². The summed E-state index contributed by atoms with van der Waals surface area (Å²) >= 11 is 1.55. The van der Waals surface area contributed by atoms with E-state index in [-0.39, 0.29) is 30.8 Å². The topological polar surface area (TPSA) is 106 Å². The van der Waals surface area contributed by atoms with Crippen molar-refractivity contribution in [2.75, 3.05) is 17.6 Å². The van der Waals surface area contributed by atoms with Gasteiger partial charge in [-0.3, -0.25) is 0 Å². The van der Waals surface area contributed by atoms with E-state index in [1.54, 1.807) is 30.2 Å². The molecule has 1 saturated heterocycles. The van der Waals surface area contributed by atoms with Gasteiger partial charge in [0.15, 0.2) is 11.4 Å². The Morgan fingerprint density at radius 2 is 1.71 bits per heavy atom. The van der Waals surface area contributed by atoms with Crippen molar-refractivity contribution in [1.29, 1.82) is 0 Å². The quantitative estimate of drug-likeness (QED) is 0.308. The molecule has 1 fully saturated rings. The molecule has 35 heavy (non-hydrogen) atoms. The van der Waals surface area contributed by atoms with Crippen LogP contribution in [0.15, 0.2) is 72.1 Å². The summed E-state index contributed by atoms with van der Waals surface area (Å²) in [6.45, 7) is 4.55. The maximum absolute atomic E-state index is 11.8. The zero-order valence-corrected chi connectivity index (χ0v) is 20.6. The molecule has 2 amide bonds. The number of urea groups is 1. The molecular formula is C26H30N4O4S. The normalized spacial score (nSPS) is 21.9. The largest absolute Gasteiger partial charge is 0.392 e. The van der Waals surface area contributed by atoms with E-state index in [2.05, 4.69) is 27.5 Å². The highest BCUT2D eigenvalue weighted by Gasteiger charge is 2.38.